The molecule has 0 unspecified atom stereocenters. The molecule has 0 aliphatic rings. The third-order valence-corrected chi connectivity index (χ3v) is 2.88. The monoisotopic (exact) mass is 285 g/mol. The molecule has 0 fully saturated rings. The fourth-order valence-electron chi connectivity index (χ4n) is 1.81. The molecule has 0 aliphatic heterocycles. The molecule has 0 heterocycles. The first-order chi connectivity index (χ1) is 10.2. The second kappa shape index (κ2) is 7.09. The molecule has 0 spiro atoms. The van der Waals surface area contributed by atoms with Crippen LogP contribution in [0, 0.1) is 0 Å². The number of hydrogen-bond acceptors (Lipinski definition) is 3. The molecule has 0 atom stereocenters. The van der Waals surface area contributed by atoms with Gasteiger partial charge in [-0.2, -0.15) is 0 Å². The van der Waals surface area contributed by atoms with Gasteiger partial charge in [-0.25, -0.2) is 4.79 Å². The Bertz CT molecular complexity index is 605. The molecular weight excluding hydrogens is 270 g/mol. The minimum absolute atomic E-state index is 0.506. The van der Waals surface area contributed by atoms with E-state index in [1.165, 1.54) is 0 Å². The number of carbonyl (C=O) groups is 2. The normalized spacial score (nSPS) is 9.90. The third-order valence-electron chi connectivity index (χ3n) is 2.88. The second-order valence-corrected chi connectivity index (χ2v) is 4.41. The Labute approximate surface area is 122 Å². The van der Waals surface area contributed by atoms with Gasteiger partial charge in [-0.05, 0) is 42.0 Å². The first-order valence-electron chi connectivity index (χ1n) is 6.44. The fourth-order valence-corrected chi connectivity index (χ4v) is 1.81. The van der Waals surface area contributed by atoms with Gasteiger partial charge in [0.1, 0.15) is 12.0 Å². The number of amides is 1. The lowest BCUT2D eigenvalue weighted by atomic mass is 10.1. The minimum atomic E-state index is -1.08. The van der Waals surface area contributed by atoms with Gasteiger partial charge < -0.3 is 9.84 Å². The molecule has 1 amide bonds. The Morgan fingerprint density at radius 2 is 1.76 bits per heavy atom. The number of aldehydes is 1. The zero-order valence-corrected chi connectivity index (χ0v) is 11.3. The lowest BCUT2D eigenvalue weighted by Gasteiger charge is -2.07. The highest BCUT2D eigenvalue weighted by atomic mass is 16.5. The molecule has 2 N–H and O–H groups in total. The molecular formula is C16H15NO4. The van der Waals surface area contributed by atoms with Crippen molar-refractivity contribution in [3.05, 3.63) is 59.7 Å². The van der Waals surface area contributed by atoms with Crippen LogP contribution in [0.25, 0.3) is 0 Å². The van der Waals surface area contributed by atoms with Crippen LogP contribution in [0.4, 0.5) is 10.5 Å². The van der Waals surface area contributed by atoms with E-state index >= 15 is 0 Å². The van der Waals surface area contributed by atoms with Gasteiger partial charge in [0.25, 0.3) is 0 Å². The standard InChI is InChI=1S/C16H15NO4/c18-11-13-3-7-15(8-4-13)21-10-9-12-1-5-14(6-2-12)17-16(19)20/h1-8,11,17H,9-10H2,(H,19,20). The largest absolute Gasteiger partial charge is 0.493 e. The number of carbonyl (C=O) groups excluding carboxylic acids is 1. The molecule has 5 heteroatoms. The highest BCUT2D eigenvalue weighted by molar-refractivity contribution is 5.82. The summed E-state index contributed by atoms with van der Waals surface area (Å²) in [4.78, 5) is 21.0. The van der Waals surface area contributed by atoms with Crippen LogP contribution in [-0.4, -0.2) is 24.1 Å². The van der Waals surface area contributed by atoms with Crippen LogP contribution in [0.5, 0.6) is 5.75 Å². The zero-order valence-electron chi connectivity index (χ0n) is 11.3. The van der Waals surface area contributed by atoms with Crippen molar-refractivity contribution < 1.29 is 19.4 Å². The number of carboxylic acid groups (broad SMARTS) is 1. The van der Waals surface area contributed by atoms with Crippen LogP contribution >= 0.6 is 0 Å². The van der Waals surface area contributed by atoms with Crippen LogP contribution < -0.4 is 10.1 Å². The van der Waals surface area contributed by atoms with Crippen molar-refractivity contribution in [2.75, 3.05) is 11.9 Å². The number of nitrogens with one attached hydrogen (secondary N) is 1. The maximum Gasteiger partial charge on any atom is 0.409 e. The summed E-state index contributed by atoms with van der Waals surface area (Å²) in [7, 11) is 0. The van der Waals surface area contributed by atoms with Crippen LogP contribution in [0.2, 0.25) is 0 Å². The molecule has 0 aliphatic carbocycles. The smallest absolute Gasteiger partial charge is 0.409 e. The first kappa shape index (κ1) is 14.6. The number of ether oxygens (including phenoxy) is 1. The van der Waals surface area contributed by atoms with E-state index in [1.807, 2.05) is 12.1 Å². The zero-order chi connectivity index (χ0) is 15.1. The van der Waals surface area contributed by atoms with Crippen LogP contribution in [0.1, 0.15) is 15.9 Å². The van der Waals surface area contributed by atoms with Gasteiger partial charge in [0.05, 0.1) is 6.61 Å². The van der Waals surface area contributed by atoms with Crippen molar-refractivity contribution in [2.45, 2.75) is 6.42 Å². The van der Waals surface area contributed by atoms with Gasteiger partial charge >= 0.3 is 6.09 Å². The lowest BCUT2D eigenvalue weighted by Crippen LogP contribution is -2.07. The molecule has 0 bridgehead atoms. The number of rotatable bonds is 6. The average molecular weight is 285 g/mol. The SMILES string of the molecule is O=Cc1ccc(OCCc2ccc(NC(=O)O)cc2)cc1. The summed E-state index contributed by atoms with van der Waals surface area (Å²) >= 11 is 0. The predicted molar refractivity (Wildman–Crippen MR) is 79.1 cm³/mol. The summed E-state index contributed by atoms with van der Waals surface area (Å²) in [6.45, 7) is 0.506. The predicted octanol–water partition coefficient (Wildman–Crippen LogP) is 3.21. The van der Waals surface area contributed by atoms with Crippen molar-refractivity contribution in [1.82, 2.24) is 0 Å². The Kier molecular flexibility index (Phi) is 4.93. The third kappa shape index (κ3) is 4.65. The topological polar surface area (TPSA) is 75.6 Å². The summed E-state index contributed by atoms with van der Waals surface area (Å²) in [5, 5.41) is 10.9. The maximum absolute atomic E-state index is 10.5. The van der Waals surface area contributed by atoms with E-state index in [-0.39, 0.29) is 0 Å². The quantitative estimate of drug-likeness (QED) is 0.799. The molecule has 108 valence electrons. The first-order valence-corrected chi connectivity index (χ1v) is 6.44. The summed E-state index contributed by atoms with van der Waals surface area (Å²) in [6, 6.07) is 14.0. The van der Waals surface area contributed by atoms with Gasteiger partial charge in [0.2, 0.25) is 0 Å². The van der Waals surface area contributed by atoms with E-state index in [9.17, 15) is 9.59 Å². The van der Waals surface area contributed by atoms with E-state index in [2.05, 4.69) is 5.32 Å². The van der Waals surface area contributed by atoms with Gasteiger partial charge in [-0.3, -0.25) is 10.1 Å². The summed E-state index contributed by atoms with van der Waals surface area (Å²) in [6.07, 6.45) is 0.420. The van der Waals surface area contributed by atoms with E-state index in [0.29, 0.717) is 30.0 Å². The molecule has 5 nitrogen and oxygen atoms in total. The minimum Gasteiger partial charge on any atom is -0.493 e. The Morgan fingerprint density at radius 3 is 2.33 bits per heavy atom. The van der Waals surface area contributed by atoms with Crippen LogP contribution in [0.3, 0.4) is 0 Å². The van der Waals surface area contributed by atoms with Gasteiger partial charge in [-0.15, -0.1) is 0 Å². The molecule has 2 aromatic rings. The summed E-state index contributed by atoms with van der Waals surface area (Å²) in [5.41, 5.74) is 2.20. The van der Waals surface area contributed by atoms with E-state index in [0.717, 1.165) is 11.8 Å². The highest BCUT2D eigenvalue weighted by Crippen LogP contribution is 2.13. The number of benzene rings is 2. The van der Waals surface area contributed by atoms with E-state index in [1.54, 1.807) is 36.4 Å². The summed E-state index contributed by atoms with van der Waals surface area (Å²) < 4.78 is 5.58. The van der Waals surface area contributed by atoms with Crippen LogP contribution in [0.15, 0.2) is 48.5 Å². The molecule has 0 aromatic heterocycles. The van der Waals surface area contributed by atoms with Crippen molar-refractivity contribution in [3.63, 3.8) is 0 Å². The number of hydrogen-bond donors (Lipinski definition) is 2. The average Bonchev–Trinajstić information content (AvgIpc) is 2.49. The molecule has 2 aromatic carbocycles. The lowest BCUT2D eigenvalue weighted by molar-refractivity contribution is 0.112. The molecule has 0 radical (unpaired) electrons. The molecule has 21 heavy (non-hydrogen) atoms. The Hall–Kier alpha value is -2.82. The van der Waals surface area contributed by atoms with E-state index < -0.39 is 6.09 Å². The molecule has 0 saturated heterocycles. The summed E-state index contributed by atoms with van der Waals surface area (Å²) in [5.74, 6) is 0.713. The molecule has 0 saturated carbocycles. The number of anilines is 1. The second-order valence-electron chi connectivity index (χ2n) is 4.41. The Morgan fingerprint density at radius 1 is 1.10 bits per heavy atom. The van der Waals surface area contributed by atoms with Crippen molar-refractivity contribution in [2.24, 2.45) is 0 Å². The highest BCUT2D eigenvalue weighted by Gasteiger charge is 1.99. The van der Waals surface area contributed by atoms with Crippen molar-refractivity contribution in [1.29, 1.82) is 0 Å². The van der Waals surface area contributed by atoms with Gasteiger partial charge in [0, 0.05) is 17.7 Å². The molecule has 2 rings (SSSR count). The Balaban J connectivity index is 1.82. The van der Waals surface area contributed by atoms with Crippen molar-refractivity contribution in [3.8, 4) is 5.75 Å². The van der Waals surface area contributed by atoms with Crippen molar-refractivity contribution >= 4 is 18.1 Å². The fraction of sp³-hybridized carbons (Fsp3) is 0.125. The van der Waals surface area contributed by atoms with Gasteiger partial charge in [0.15, 0.2) is 0 Å². The van der Waals surface area contributed by atoms with Gasteiger partial charge in [-0.1, -0.05) is 12.1 Å². The van der Waals surface area contributed by atoms with E-state index in [4.69, 9.17) is 9.84 Å². The maximum atomic E-state index is 10.5. The van der Waals surface area contributed by atoms with Crippen LogP contribution in [-0.2, 0) is 6.42 Å².